The molecule has 0 aromatic heterocycles. The van der Waals surface area contributed by atoms with Crippen molar-refractivity contribution < 1.29 is 19.1 Å². The second-order valence-electron chi connectivity index (χ2n) is 5.07. The van der Waals surface area contributed by atoms with E-state index in [1.807, 2.05) is 0 Å². The highest BCUT2D eigenvalue weighted by atomic mass is 16.5. The van der Waals surface area contributed by atoms with E-state index in [1.165, 1.54) is 6.92 Å². The molecule has 5 heteroatoms. The van der Waals surface area contributed by atoms with Crippen molar-refractivity contribution in [2.45, 2.75) is 20.0 Å². The first-order valence-electron chi connectivity index (χ1n) is 7.22. The minimum Gasteiger partial charge on any atom is -0.497 e. The first-order chi connectivity index (χ1) is 11.0. The summed E-state index contributed by atoms with van der Waals surface area (Å²) in [4.78, 5) is 23.6. The van der Waals surface area contributed by atoms with Crippen LogP contribution in [-0.2, 0) is 4.79 Å². The Bertz CT molecular complexity index is 712. The van der Waals surface area contributed by atoms with Crippen LogP contribution in [0.5, 0.6) is 11.5 Å². The van der Waals surface area contributed by atoms with Crippen LogP contribution < -0.4 is 14.8 Å². The second kappa shape index (κ2) is 7.45. The number of carbonyl (C=O) groups excluding carboxylic acids is 2. The molecular formula is C18H19NO4. The fourth-order valence-electron chi connectivity index (χ4n) is 1.99. The van der Waals surface area contributed by atoms with E-state index in [-0.39, 0.29) is 11.7 Å². The molecule has 1 unspecified atom stereocenters. The minimum atomic E-state index is -0.705. The molecule has 0 heterocycles. The zero-order chi connectivity index (χ0) is 16.8. The number of ketones is 1. The molecule has 0 aliphatic rings. The van der Waals surface area contributed by atoms with Gasteiger partial charge in [-0.1, -0.05) is 18.2 Å². The molecule has 1 amide bonds. The van der Waals surface area contributed by atoms with Crippen molar-refractivity contribution in [3.05, 3.63) is 54.1 Å². The SMILES string of the molecule is COc1cccc(NC(=O)C(C)Oc2cccc(C(C)=O)c2)c1. The van der Waals surface area contributed by atoms with Crippen molar-refractivity contribution in [2.75, 3.05) is 12.4 Å². The number of amides is 1. The smallest absolute Gasteiger partial charge is 0.265 e. The lowest BCUT2D eigenvalue weighted by Crippen LogP contribution is -2.30. The van der Waals surface area contributed by atoms with Gasteiger partial charge in [0, 0.05) is 17.3 Å². The van der Waals surface area contributed by atoms with E-state index >= 15 is 0 Å². The number of nitrogens with one attached hydrogen (secondary N) is 1. The number of hydrogen-bond acceptors (Lipinski definition) is 4. The van der Waals surface area contributed by atoms with Gasteiger partial charge in [0.2, 0.25) is 0 Å². The summed E-state index contributed by atoms with van der Waals surface area (Å²) in [6.45, 7) is 3.13. The van der Waals surface area contributed by atoms with Gasteiger partial charge in [-0.25, -0.2) is 0 Å². The lowest BCUT2D eigenvalue weighted by molar-refractivity contribution is -0.122. The predicted octanol–water partition coefficient (Wildman–Crippen LogP) is 3.30. The topological polar surface area (TPSA) is 64.6 Å². The Morgan fingerprint density at radius 1 is 1.04 bits per heavy atom. The summed E-state index contributed by atoms with van der Waals surface area (Å²) in [6.07, 6.45) is -0.705. The molecule has 2 aromatic carbocycles. The summed E-state index contributed by atoms with van der Waals surface area (Å²) in [5.74, 6) is 0.798. The molecular weight excluding hydrogens is 294 g/mol. The van der Waals surface area contributed by atoms with Crippen LogP contribution in [0.3, 0.4) is 0 Å². The number of rotatable bonds is 6. The molecule has 0 saturated carbocycles. The van der Waals surface area contributed by atoms with Crippen LogP contribution in [0, 0.1) is 0 Å². The van der Waals surface area contributed by atoms with Crippen LogP contribution in [0.1, 0.15) is 24.2 Å². The van der Waals surface area contributed by atoms with E-state index in [9.17, 15) is 9.59 Å². The molecule has 2 rings (SSSR count). The molecule has 1 atom stereocenters. The minimum absolute atomic E-state index is 0.0519. The Morgan fingerprint density at radius 2 is 1.74 bits per heavy atom. The largest absolute Gasteiger partial charge is 0.497 e. The Kier molecular flexibility index (Phi) is 5.36. The van der Waals surface area contributed by atoms with Crippen LogP contribution in [-0.4, -0.2) is 24.9 Å². The van der Waals surface area contributed by atoms with Gasteiger partial charge in [0.25, 0.3) is 5.91 Å². The van der Waals surface area contributed by atoms with E-state index in [0.29, 0.717) is 22.7 Å². The maximum absolute atomic E-state index is 12.2. The summed E-state index contributed by atoms with van der Waals surface area (Å²) < 4.78 is 10.7. The predicted molar refractivity (Wildman–Crippen MR) is 88.2 cm³/mol. The van der Waals surface area contributed by atoms with E-state index in [2.05, 4.69) is 5.32 Å². The molecule has 5 nitrogen and oxygen atoms in total. The molecule has 23 heavy (non-hydrogen) atoms. The number of hydrogen-bond donors (Lipinski definition) is 1. The highest BCUT2D eigenvalue weighted by molar-refractivity contribution is 5.95. The Labute approximate surface area is 135 Å². The standard InChI is InChI=1S/C18H19NO4/c1-12(20)14-6-4-9-17(10-14)23-13(2)18(21)19-15-7-5-8-16(11-15)22-3/h4-11,13H,1-3H3,(H,19,21). The van der Waals surface area contributed by atoms with E-state index < -0.39 is 6.10 Å². The van der Waals surface area contributed by atoms with E-state index in [1.54, 1.807) is 62.6 Å². The molecule has 0 aliphatic heterocycles. The number of ether oxygens (including phenoxy) is 2. The molecule has 2 aromatic rings. The van der Waals surface area contributed by atoms with Gasteiger partial charge in [-0.05, 0) is 38.1 Å². The van der Waals surface area contributed by atoms with Gasteiger partial charge < -0.3 is 14.8 Å². The van der Waals surface area contributed by atoms with Crippen LogP contribution in [0.25, 0.3) is 0 Å². The number of Topliss-reactive ketones (excluding diaryl/α,β-unsaturated/α-hetero) is 1. The molecule has 0 bridgehead atoms. The van der Waals surface area contributed by atoms with Gasteiger partial charge in [-0.15, -0.1) is 0 Å². The molecule has 0 saturated heterocycles. The summed E-state index contributed by atoms with van der Waals surface area (Å²) >= 11 is 0. The fraction of sp³-hybridized carbons (Fsp3) is 0.222. The van der Waals surface area contributed by atoms with Gasteiger partial charge in [0.1, 0.15) is 11.5 Å². The number of benzene rings is 2. The summed E-state index contributed by atoms with van der Waals surface area (Å²) in [5, 5.41) is 2.76. The van der Waals surface area contributed by atoms with Crippen LogP contribution in [0.15, 0.2) is 48.5 Å². The molecule has 0 aliphatic carbocycles. The van der Waals surface area contributed by atoms with Crippen LogP contribution >= 0.6 is 0 Å². The zero-order valence-electron chi connectivity index (χ0n) is 13.3. The maximum Gasteiger partial charge on any atom is 0.265 e. The normalized spacial score (nSPS) is 11.4. The highest BCUT2D eigenvalue weighted by Crippen LogP contribution is 2.18. The van der Waals surface area contributed by atoms with Crippen molar-refractivity contribution in [1.82, 2.24) is 0 Å². The first kappa shape index (κ1) is 16.5. The van der Waals surface area contributed by atoms with Gasteiger partial charge in [-0.2, -0.15) is 0 Å². The van der Waals surface area contributed by atoms with Crippen molar-refractivity contribution in [3.63, 3.8) is 0 Å². The maximum atomic E-state index is 12.2. The molecule has 0 spiro atoms. The lowest BCUT2D eigenvalue weighted by Gasteiger charge is -2.15. The van der Waals surface area contributed by atoms with Gasteiger partial charge in [-0.3, -0.25) is 9.59 Å². The van der Waals surface area contributed by atoms with Crippen molar-refractivity contribution in [1.29, 1.82) is 0 Å². The van der Waals surface area contributed by atoms with E-state index in [4.69, 9.17) is 9.47 Å². The van der Waals surface area contributed by atoms with Crippen molar-refractivity contribution >= 4 is 17.4 Å². The fourth-order valence-corrected chi connectivity index (χ4v) is 1.99. The molecule has 0 fully saturated rings. The number of anilines is 1. The van der Waals surface area contributed by atoms with Gasteiger partial charge in [0.15, 0.2) is 11.9 Å². The summed E-state index contributed by atoms with van der Waals surface area (Å²) in [6, 6.07) is 13.8. The van der Waals surface area contributed by atoms with Crippen molar-refractivity contribution in [2.24, 2.45) is 0 Å². The van der Waals surface area contributed by atoms with Crippen LogP contribution in [0.2, 0.25) is 0 Å². The van der Waals surface area contributed by atoms with Gasteiger partial charge >= 0.3 is 0 Å². The highest BCUT2D eigenvalue weighted by Gasteiger charge is 2.15. The van der Waals surface area contributed by atoms with Crippen LogP contribution in [0.4, 0.5) is 5.69 Å². The molecule has 1 N–H and O–H groups in total. The third-order valence-electron chi connectivity index (χ3n) is 3.26. The van der Waals surface area contributed by atoms with E-state index in [0.717, 1.165) is 0 Å². The third-order valence-corrected chi connectivity index (χ3v) is 3.26. The van der Waals surface area contributed by atoms with Crippen molar-refractivity contribution in [3.8, 4) is 11.5 Å². The number of carbonyl (C=O) groups is 2. The Balaban J connectivity index is 2.02. The summed E-state index contributed by atoms with van der Waals surface area (Å²) in [5.41, 5.74) is 1.17. The monoisotopic (exact) mass is 313 g/mol. The zero-order valence-corrected chi connectivity index (χ0v) is 13.3. The average Bonchev–Trinajstić information content (AvgIpc) is 2.55. The molecule has 120 valence electrons. The quantitative estimate of drug-likeness (QED) is 0.831. The summed E-state index contributed by atoms with van der Waals surface area (Å²) in [7, 11) is 1.56. The first-order valence-corrected chi connectivity index (χ1v) is 7.22. The van der Waals surface area contributed by atoms with Gasteiger partial charge in [0.05, 0.1) is 7.11 Å². The average molecular weight is 313 g/mol. The second-order valence-corrected chi connectivity index (χ2v) is 5.07. The third kappa shape index (κ3) is 4.57. The molecule has 0 radical (unpaired) electrons. The Hall–Kier alpha value is -2.82. The Morgan fingerprint density at radius 3 is 2.43 bits per heavy atom. The lowest BCUT2D eigenvalue weighted by atomic mass is 10.1. The number of methoxy groups -OCH3 is 1.